The number of hydrogen-bond donors (Lipinski definition) is 1. The zero-order chi connectivity index (χ0) is 11.8. The van der Waals surface area contributed by atoms with Gasteiger partial charge in [0.1, 0.15) is 0 Å². The third-order valence-corrected chi connectivity index (χ3v) is 2.47. The smallest absolute Gasteiger partial charge is 0.0170 e. The second kappa shape index (κ2) is 8.08. The molecule has 2 N–H and O–H groups in total. The van der Waals surface area contributed by atoms with E-state index < -0.39 is 0 Å². The second-order valence-corrected chi connectivity index (χ2v) is 5.31. The first kappa shape index (κ1) is 14.9. The first-order valence-corrected chi connectivity index (χ1v) is 6.00. The van der Waals surface area contributed by atoms with E-state index in [1.807, 2.05) is 0 Å². The number of nitrogens with zero attached hydrogens (tertiary/aromatic N) is 2. The Kier molecular flexibility index (Phi) is 8.02. The molecule has 0 aromatic heterocycles. The monoisotopic (exact) mass is 215 g/mol. The van der Waals surface area contributed by atoms with Crippen LogP contribution in [-0.2, 0) is 0 Å². The Hall–Kier alpha value is -0.120. The normalized spacial score (nSPS) is 14.2. The third kappa shape index (κ3) is 10.2. The van der Waals surface area contributed by atoms with Crippen LogP contribution in [0, 0.1) is 5.92 Å². The van der Waals surface area contributed by atoms with Gasteiger partial charge in [0.15, 0.2) is 0 Å². The van der Waals surface area contributed by atoms with Crippen LogP contribution < -0.4 is 5.73 Å². The van der Waals surface area contributed by atoms with E-state index in [2.05, 4.69) is 44.8 Å². The molecule has 3 heteroatoms. The van der Waals surface area contributed by atoms with Gasteiger partial charge in [0.05, 0.1) is 0 Å². The number of rotatable bonds is 8. The van der Waals surface area contributed by atoms with E-state index >= 15 is 0 Å². The number of nitrogens with two attached hydrogens (primary N) is 1. The van der Waals surface area contributed by atoms with Crippen molar-refractivity contribution in [2.75, 3.05) is 40.8 Å². The van der Waals surface area contributed by atoms with Crippen LogP contribution in [0.15, 0.2) is 0 Å². The maximum Gasteiger partial charge on any atom is 0.0170 e. The predicted octanol–water partition coefficient (Wildman–Crippen LogP) is 1.24. The maximum atomic E-state index is 6.05. The van der Waals surface area contributed by atoms with E-state index in [0.717, 1.165) is 26.1 Å². The van der Waals surface area contributed by atoms with E-state index in [0.29, 0.717) is 12.0 Å². The summed E-state index contributed by atoms with van der Waals surface area (Å²) >= 11 is 0. The van der Waals surface area contributed by atoms with E-state index in [1.54, 1.807) is 0 Å². The van der Waals surface area contributed by atoms with Crippen molar-refractivity contribution in [3.8, 4) is 0 Å². The molecule has 0 radical (unpaired) electrons. The summed E-state index contributed by atoms with van der Waals surface area (Å²) in [6, 6.07) is 0.328. The lowest BCUT2D eigenvalue weighted by molar-refractivity contribution is 0.274. The van der Waals surface area contributed by atoms with Gasteiger partial charge in [-0.2, -0.15) is 0 Å². The molecule has 0 aliphatic carbocycles. The van der Waals surface area contributed by atoms with Gasteiger partial charge >= 0.3 is 0 Å². The minimum absolute atomic E-state index is 0.328. The first-order chi connectivity index (χ1) is 6.91. The molecular formula is C12H29N3. The predicted molar refractivity (Wildman–Crippen MR) is 68.1 cm³/mol. The molecule has 0 spiro atoms. The molecule has 0 heterocycles. The molecule has 15 heavy (non-hydrogen) atoms. The minimum atomic E-state index is 0.328. The standard InChI is InChI=1S/C12H29N3/c1-11(2)9-12(13)10-15(5)8-6-7-14(3)4/h11-12H,6-10,13H2,1-5H3. The van der Waals surface area contributed by atoms with Crippen molar-refractivity contribution < 1.29 is 0 Å². The third-order valence-electron chi connectivity index (χ3n) is 2.47. The Balaban J connectivity index is 3.50. The Labute approximate surface area is 95.6 Å². The van der Waals surface area contributed by atoms with Crippen molar-refractivity contribution in [1.29, 1.82) is 0 Å². The molecule has 92 valence electrons. The van der Waals surface area contributed by atoms with Gasteiger partial charge in [-0.15, -0.1) is 0 Å². The van der Waals surface area contributed by atoms with Crippen molar-refractivity contribution in [2.45, 2.75) is 32.7 Å². The second-order valence-electron chi connectivity index (χ2n) is 5.31. The fourth-order valence-electron chi connectivity index (χ4n) is 1.83. The van der Waals surface area contributed by atoms with Crippen LogP contribution in [0.2, 0.25) is 0 Å². The Bertz CT molecular complexity index is 146. The van der Waals surface area contributed by atoms with Crippen molar-refractivity contribution in [3.05, 3.63) is 0 Å². The summed E-state index contributed by atoms with van der Waals surface area (Å²) in [7, 11) is 6.39. The van der Waals surface area contributed by atoms with Crippen LogP contribution in [-0.4, -0.2) is 56.6 Å². The summed E-state index contributed by atoms with van der Waals surface area (Å²) in [5.74, 6) is 0.704. The summed E-state index contributed by atoms with van der Waals surface area (Å²) in [6.45, 7) is 7.77. The molecule has 1 atom stereocenters. The molecule has 0 rings (SSSR count). The van der Waals surface area contributed by atoms with Gasteiger partial charge in [-0.3, -0.25) is 0 Å². The largest absolute Gasteiger partial charge is 0.327 e. The fourth-order valence-corrected chi connectivity index (χ4v) is 1.83. The molecule has 0 fully saturated rings. The van der Waals surface area contributed by atoms with Gasteiger partial charge in [-0.1, -0.05) is 13.8 Å². The zero-order valence-corrected chi connectivity index (χ0v) is 11.2. The summed E-state index contributed by atoms with van der Waals surface area (Å²) in [5.41, 5.74) is 6.05. The van der Waals surface area contributed by atoms with E-state index in [9.17, 15) is 0 Å². The average Bonchev–Trinajstić information content (AvgIpc) is 2.00. The molecule has 0 saturated heterocycles. The molecular weight excluding hydrogens is 186 g/mol. The van der Waals surface area contributed by atoms with Crippen molar-refractivity contribution in [1.82, 2.24) is 9.80 Å². The van der Waals surface area contributed by atoms with Gasteiger partial charge in [0.25, 0.3) is 0 Å². The maximum absolute atomic E-state index is 6.05. The highest BCUT2D eigenvalue weighted by atomic mass is 15.1. The average molecular weight is 215 g/mol. The molecule has 3 nitrogen and oxygen atoms in total. The lowest BCUT2D eigenvalue weighted by Crippen LogP contribution is -2.37. The Morgan fingerprint density at radius 3 is 2.13 bits per heavy atom. The lowest BCUT2D eigenvalue weighted by atomic mass is 10.0. The highest BCUT2D eigenvalue weighted by Gasteiger charge is 2.08. The first-order valence-electron chi connectivity index (χ1n) is 6.00. The molecule has 0 bridgehead atoms. The van der Waals surface area contributed by atoms with Crippen LogP contribution >= 0.6 is 0 Å². The number of likely N-dealkylation sites (N-methyl/N-ethyl adjacent to an activating group) is 1. The van der Waals surface area contributed by atoms with Crippen LogP contribution in [0.3, 0.4) is 0 Å². The SMILES string of the molecule is CC(C)CC(N)CN(C)CCCN(C)C. The minimum Gasteiger partial charge on any atom is -0.327 e. The van der Waals surface area contributed by atoms with Crippen molar-refractivity contribution >= 4 is 0 Å². The lowest BCUT2D eigenvalue weighted by Gasteiger charge is -2.23. The van der Waals surface area contributed by atoms with Crippen LogP contribution in [0.5, 0.6) is 0 Å². The van der Waals surface area contributed by atoms with Gasteiger partial charge in [-0.05, 0) is 53.0 Å². The summed E-state index contributed by atoms with van der Waals surface area (Å²) in [6.07, 6.45) is 2.34. The van der Waals surface area contributed by atoms with Crippen molar-refractivity contribution in [2.24, 2.45) is 11.7 Å². The molecule has 1 unspecified atom stereocenters. The molecule has 0 aromatic rings. The van der Waals surface area contributed by atoms with Crippen molar-refractivity contribution in [3.63, 3.8) is 0 Å². The molecule has 0 saturated carbocycles. The van der Waals surface area contributed by atoms with Gasteiger partial charge in [-0.25, -0.2) is 0 Å². The van der Waals surface area contributed by atoms with Gasteiger partial charge < -0.3 is 15.5 Å². The number of hydrogen-bond acceptors (Lipinski definition) is 3. The molecule has 0 aromatic carbocycles. The molecule has 0 amide bonds. The molecule has 0 aliphatic rings. The highest BCUT2D eigenvalue weighted by Crippen LogP contribution is 2.03. The van der Waals surface area contributed by atoms with E-state index in [4.69, 9.17) is 5.73 Å². The molecule has 0 aliphatic heterocycles. The summed E-state index contributed by atoms with van der Waals surface area (Å²) in [4.78, 5) is 4.57. The fraction of sp³-hybridized carbons (Fsp3) is 1.00. The highest BCUT2D eigenvalue weighted by molar-refractivity contribution is 4.67. The van der Waals surface area contributed by atoms with Gasteiger partial charge in [0.2, 0.25) is 0 Å². The summed E-state index contributed by atoms with van der Waals surface area (Å²) < 4.78 is 0. The van der Waals surface area contributed by atoms with Crippen LogP contribution in [0.1, 0.15) is 26.7 Å². The summed E-state index contributed by atoms with van der Waals surface area (Å²) in [5, 5.41) is 0. The van der Waals surface area contributed by atoms with Gasteiger partial charge in [0, 0.05) is 12.6 Å². The van der Waals surface area contributed by atoms with E-state index in [-0.39, 0.29) is 0 Å². The Morgan fingerprint density at radius 2 is 1.67 bits per heavy atom. The topological polar surface area (TPSA) is 32.5 Å². The van der Waals surface area contributed by atoms with Crippen LogP contribution in [0.25, 0.3) is 0 Å². The Morgan fingerprint density at radius 1 is 1.07 bits per heavy atom. The zero-order valence-electron chi connectivity index (χ0n) is 11.2. The van der Waals surface area contributed by atoms with E-state index in [1.165, 1.54) is 6.42 Å². The quantitative estimate of drug-likeness (QED) is 0.661. The van der Waals surface area contributed by atoms with Crippen LogP contribution in [0.4, 0.5) is 0 Å².